The largest absolute Gasteiger partial charge is 0.462 e. The average molecular weight is 543 g/mol. The zero-order valence-electron chi connectivity index (χ0n) is 21.0. The van der Waals surface area contributed by atoms with Gasteiger partial charge < -0.3 is 19.1 Å². The number of aryl methyl sites for hydroxylation is 1. The van der Waals surface area contributed by atoms with E-state index in [0.717, 1.165) is 34.2 Å². The molecule has 1 aromatic carbocycles. The number of aromatic nitrogens is 2. The molecule has 1 fully saturated rings. The number of rotatable bonds is 10. The molecule has 12 nitrogen and oxygen atoms in total. The fourth-order valence-electron chi connectivity index (χ4n) is 3.62. The number of benzene rings is 1. The van der Waals surface area contributed by atoms with Gasteiger partial charge in [-0.1, -0.05) is 22.5 Å². The summed E-state index contributed by atoms with van der Waals surface area (Å²) in [4.78, 5) is 44.4. The Kier molecular flexibility index (Phi) is 9.09. The van der Waals surface area contributed by atoms with Crippen molar-refractivity contribution in [3.63, 3.8) is 0 Å². The average Bonchev–Trinajstić information content (AvgIpc) is 3.03. The van der Waals surface area contributed by atoms with E-state index in [0.29, 0.717) is 0 Å². The number of halogens is 1. The lowest BCUT2D eigenvalue weighted by molar-refractivity contribution is -0.183. The Balaban J connectivity index is 1.80. The van der Waals surface area contributed by atoms with E-state index >= 15 is 4.39 Å². The summed E-state index contributed by atoms with van der Waals surface area (Å²) >= 11 is 0. The predicted molar refractivity (Wildman–Crippen MR) is 130 cm³/mol. The van der Waals surface area contributed by atoms with Crippen molar-refractivity contribution in [2.75, 3.05) is 6.61 Å². The molecule has 1 aliphatic heterocycles. The van der Waals surface area contributed by atoms with Gasteiger partial charge in [0.2, 0.25) is 0 Å². The molecule has 1 aromatic heterocycles. The molecule has 0 saturated carbocycles. The van der Waals surface area contributed by atoms with Crippen LogP contribution in [0.15, 0.2) is 46.1 Å². The van der Waals surface area contributed by atoms with Crippen LogP contribution in [0, 0.1) is 6.92 Å². The molecular formula is C23H31FN3O9P. The van der Waals surface area contributed by atoms with E-state index in [1.54, 1.807) is 38.1 Å². The van der Waals surface area contributed by atoms with E-state index in [-0.39, 0.29) is 5.75 Å². The summed E-state index contributed by atoms with van der Waals surface area (Å²) in [6.07, 6.45) is -4.14. The summed E-state index contributed by atoms with van der Waals surface area (Å²) < 4.78 is 45.6. The number of esters is 1. The monoisotopic (exact) mass is 543 g/mol. The number of alkyl halides is 1. The van der Waals surface area contributed by atoms with E-state index < -0.39 is 68.3 Å². The molecule has 3 unspecified atom stereocenters. The van der Waals surface area contributed by atoms with Gasteiger partial charge in [0.15, 0.2) is 11.9 Å². The summed E-state index contributed by atoms with van der Waals surface area (Å²) in [5.74, 6) is -0.486. The van der Waals surface area contributed by atoms with Crippen molar-refractivity contribution in [3.8, 4) is 5.75 Å². The topological polar surface area (TPSA) is 149 Å². The number of carbonyl (C=O) groups is 1. The van der Waals surface area contributed by atoms with Crippen LogP contribution >= 0.6 is 8.18 Å². The molecule has 1 aliphatic rings. The molecule has 0 bridgehead atoms. The molecule has 6 atom stereocenters. The van der Waals surface area contributed by atoms with Crippen LogP contribution in [0.5, 0.6) is 5.75 Å². The number of carbonyl (C=O) groups excluding carboxylic acids is 1. The smallest absolute Gasteiger partial charge is 0.331 e. The van der Waals surface area contributed by atoms with Crippen LogP contribution in [0.1, 0.15) is 39.5 Å². The van der Waals surface area contributed by atoms with Gasteiger partial charge in [-0.25, -0.2) is 9.18 Å². The Hall–Kier alpha value is -2.83. The second-order valence-electron chi connectivity index (χ2n) is 9.10. The van der Waals surface area contributed by atoms with Gasteiger partial charge in [-0.3, -0.25) is 28.5 Å². The molecule has 0 amide bonds. The minimum Gasteiger partial charge on any atom is -0.462 e. The second kappa shape index (κ2) is 11.7. The Morgan fingerprint density at radius 1 is 1.27 bits per heavy atom. The van der Waals surface area contributed by atoms with Gasteiger partial charge in [0.05, 0.1) is 12.7 Å². The van der Waals surface area contributed by atoms with Crippen molar-refractivity contribution < 1.29 is 37.7 Å². The zero-order valence-corrected chi connectivity index (χ0v) is 22.0. The molecule has 0 spiro atoms. The number of aromatic amines is 1. The highest BCUT2D eigenvalue weighted by Crippen LogP contribution is 2.41. The number of hydroxylamine groups is 1. The molecule has 204 valence electrons. The van der Waals surface area contributed by atoms with Crippen LogP contribution in [-0.4, -0.2) is 62.1 Å². The summed E-state index contributed by atoms with van der Waals surface area (Å²) in [6, 6.07) is 6.49. The van der Waals surface area contributed by atoms with Crippen molar-refractivity contribution >= 4 is 14.1 Å². The lowest BCUT2D eigenvalue weighted by Gasteiger charge is -2.28. The van der Waals surface area contributed by atoms with Crippen LogP contribution in [0.3, 0.4) is 0 Å². The number of nitrogens with zero attached hydrogens (tertiary/aromatic N) is 2. The van der Waals surface area contributed by atoms with Crippen LogP contribution in [-0.2, 0) is 23.7 Å². The van der Waals surface area contributed by atoms with E-state index in [1.807, 2.05) is 11.9 Å². The van der Waals surface area contributed by atoms with Crippen LogP contribution in [0.2, 0.25) is 0 Å². The molecule has 0 aliphatic carbocycles. The molecule has 1 saturated heterocycles. The number of hydrogen-bond donors (Lipinski definition) is 2. The van der Waals surface area contributed by atoms with E-state index in [4.69, 9.17) is 18.8 Å². The van der Waals surface area contributed by atoms with Crippen molar-refractivity contribution in [2.45, 2.75) is 70.9 Å². The first kappa shape index (κ1) is 28.7. The zero-order chi connectivity index (χ0) is 27.5. The summed E-state index contributed by atoms with van der Waals surface area (Å²) in [6.45, 7) is 7.02. The van der Waals surface area contributed by atoms with Gasteiger partial charge in [0, 0.05) is 12.3 Å². The molecule has 2 aromatic rings. The fraction of sp³-hybridized carbons (Fsp3) is 0.522. The van der Waals surface area contributed by atoms with Gasteiger partial charge in [0.1, 0.15) is 24.0 Å². The lowest BCUT2D eigenvalue weighted by atomic mass is 9.98. The van der Waals surface area contributed by atoms with E-state index in [9.17, 15) is 24.1 Å². The minimum absolute atomic E-state index is 0.263. The Morgan fingerprint density at radius 2 is 1.92 bits per heavy atom. The summed E-state index contributed by atoms with van der Waals surface area (Å²) in [5, 5.41) is 10.6. The van der Waals surface area contributed by atoms with Crippen LogP contribution in [0.4, 0.5) is 4.39 Å². The van der Waals surface area contributed by atoms with Gasteiger partial charge in [-0.05, 0) is 46.8 Å². The van der Waals surface area contributed by atoms with E-state index in [2.05, 4.69) is 0 Å². The van der Waals surface area contributed by atoms with Gasteiger partial charge in [-0.15, -0.1) is 0 Å². The molecule has 3 rings (SSSR count). The molecule has 37 heavy (non-hydrogen) atoms. The number of ether oxygens (including phenoxy) is 2. The summed E-state index contributed by atoms with van der Waals surface area (Å²) in [5.41, 5.74) is -3.13. The van der Waals surface area contributed by atoms with Crippen molar-refractivity contribution in [1.29, 1.82) is 0 Å². The first-order chi connectivity index (χ1) is 17.3. The third-order valence-corrected chi connectivity index (χ3v) is 6.94. The van der Waals surface area contributed by atoms with E-state index in [1.165, 1.54) is 6.92 Å². The Bertz CT molecular complexity index is 1230. The number of H-pyrrole nitrogens is 1. The number of aliphatic hydroxyl groups excluding tert-OH is 1. The van der Waals surface area contributed by atoms with Crippen LogP contribution < -0.4 is 15.8 Å². The van der Waals surface area contributed by atoms with Crippen molar-refractivity contribution in [3.05, 3.63) is 62.9 Å². The SMILES string of the molecule is Cc1ccc(O[PH](=O)N(OC[C@H]2OC(n3ccc(=O)[nH]c3=O)[C@](C)(F)[C@@H]2O)C(C)C(=O)OC(C)C)cc1. The maximum atomic E-state index is 15.5. The molecule has 0 radical (unpaired) electrons. The normalized spacial score (nSPS) is 25.3. The highest BCUT2D eigenvalue weighted by molar-refractivity contribution is 7.36. The Labute approximate surface area is 212 Å². The third-order valence-electron chi connectivity index (χ3n) is 5.65. The molecular weight excluding hydrogens is 512 g/mol. The highest BCUT2D eigenvalue weighted by atomic mass is 31.1. The molecule has 2 heterocycles. The number of aliphatic hydroxyl groups is 1. The second-order valence-corrected chi connectivity index (χ2v) is 10.3. The first-order valence-corrected chi connectivity index (χ1v) is 12.8. The van der Waals surface area contributed by atoms with Gasteiger partial charge in [-0.2, -0.15) is 0 Å². The standard InChI is InChI=1S/C23H31FN3O9P/c1-13(2)34-20(30)15(4)27(37(32)36-16-8-6-14(3)7-9-16)33-12-17-19(29)23(5,24)21(35-17)26-11-10-18(28)25-22(26)31/h6-11,13,15,17,19,21,29,37H,12H2,1-5H3,(H,25,28,31)/t15?,17-,19-,21?,23-/m1/s1. The first-order valence-electron chi connectivity index (χ1n) is 11.6. The van der Waals surface area contributed by atoms with Crippen molar-refractivity contribution in [2.24, 2.45) is 0 Å². The van der Waals surface area contributed by atoms with Crippen LogP contribution in [0.25, 0.3) is 0 Å². The maximum absolute atomic E-state index is 15.5. The number of nitrogens with one attached hydrogen (secondary N) is 1. The van der Waals surface area contributed by atoms with Gasteiger partial charge >= 0.3 is 19.8 Å². The molecule has 2 N–H and O–H groups in total. The third kappa shape index (κ3) is 6.74. The van der Waals surface area contributed by atoms with Crippen molar-refractivity contribution in [1.82, 2.24) is 14.4 Å². The molecule has 14 heteroatoms. The number of hydrogen-bond acceptors (Lipinski definition) is 9. The summed E-state index contributed by atoms with van der Waals surface area (Å²) in [7, 11) is -3.25. The van der Waals surface area contributed by atoms with Gasteiger partial charge in [0.25, 0.3) is 5.56 Å². The fourth-order valence-corrected chi connectivity index (χ4v) is 4.65. The predicted octanol–water partition coefficient (Wildman–Crippen LogP) is 1.87. The quantitative estimate of drug-likeness (QED) is 0.258. The lowest BCUT2D eigenvalue weighted by Crippen LogP contribution is -2.44. The Morgan fingerprint density at radius 3 is 2.51 bits per heavy atom. The highest BCUT2D eigenvalue weighted by Gasteiger charge is 2.55. The maximum Gasteiger partial charge on any atom is 0.331 e. The minimum atomic E-state index is -3.25.